The molecule has 0 aliphatic heterocycles. The zero-order valence-corrected chi connectivity index (χ0v) is 26.9. The fraction of sp³-hybridized carbons (Fsp3) is 0.943. The minimum Gasteiger partial charge on any atom is -0.378 e. The van der Waals surface area contributed by atoms with Gasteiger partial charge in [0.1, 0.15) is 0 Å². The van der Waals surface area contributed by atoms with Crippen LogP contribution >= 0.6 is 11.8 Å². The first-order chi connectivity index (χ1) is 18.3. The van der Waals surface area contributed by atoms with E-state index >= 15 is 0 Å². The number of hydrogen-bond donors (Lipinski definition) is 0. The van der Waals surface area contributed by atoms with Crippen LogP contribution in [0.25, 0.3) is 0 Å². The van der Waals surface area contributed by atoms with Gasteiger partial charge in [-0.2, -0.15) is 11.8 Å². The van der Waals surface area contributed by atoms with Gasteiger partial charge in [-0.3, -0.25) is 0 Å². The fourth-order valence-electron chi connectivity index (χ4n) is 4.98. The van der Waals surface area contributed by atoms with E-state index in [9.17, 15) is 0 Å². The van der Waals surface area contributed by atoms with E-state index in [-0.39, 0.29) is 0 Å². The summed E-state index contributed by atoms with van der Waals surface area (Å²) in [5.74, 6) is 2.49. The van der Waals surface area contributed by atoms with Crippen molar-refractivity contribution < 1.29 is 4.74 Å². The van der Waals surface area contributed by atoms with Crippen LogP contribution in [0.5, 0.6) is 0 Å². The van der Waals surface area contributed by atoms with Crippen molar-refractivity contribution >= 4 is 11.8 Å². The molecular formula is C35H70OS. The van der Waals surface area contributed by atoms with Crippen molar-refractivity contribution in [1.82, 2.24) is 0 Å². The van der Waals surface area contributed by atoms with Gasteiger partial charge in [0.2, 0.25) is 0 Å². The molecule has 0 aromatic heterocycles. The molecule has 0 aliphatic carbocycles. The van der Waals surface area contributed by atoms with Gasteiger partial charge < -0.3 is 4.74 Å². The van der Waals surface area contributed by atoms with Crippen LogP contribution in [0.4, 0.5) is 0 Å². The highest BCUT2D eigenvalue weighted by Crippen LogP contribution is 2.15. The molecule has 0 rings (SSSR count). The lowest BCUT2D eigenvalue weighted by molar-refractivity contribution is 0.0787. The standard InChI is InChI=1S/C35H70OS/c1-4-6-8-10-12-14-16-18-20-22-24-26-28-30-32-36-35(3)34-37-33-31-29-27-25-23-21-19-17-15-13-11-9-7-5-2/h14,16,35H,4-13,15,17-34H2,1-3H3/b16-14+. The van der Waals surface area contributed by atoms with E-state index in [0.29, 0.717) is 6.10 Å². The first kappa shape index (κ1) is 37.0. The van der Waals surface area contributed by atoms with Crippen LogP contribution in [0, 0.1) is 0 Å². The predicted octanol–water partition coefficient (Wildman–Crippen LogP) is 12.9. The summed E-state index contributed by atoms with van der Waals surface area (Å²) in [6.07, 6.45) is 41.7. The Bertz CT molecular complexity index is 421. The van der Waals surface area contributed by atoms with Crippen molar-refractivity contribution in [2.24, 2.45) is 0 Å². The number of unbranched alkanes of at least 4 members (excludes halogenated alkanes) is 23. The third-order valence-corrected chi connectivity index (χ3v) is 8.84. The molecule has 1 unspecified atom stereocenters. The molecule has 0 bridgehead atoms. The summed E-state index contributed by atoms with van der Waals surface area (Å²) in [5, 5.41) is 0. The number of thioether (sulfide) groups is 1. The molecule has 2 heteroatoms. The van der Waals surface area contributed by atoms with Crippen molar-refractivity contribution in [3.05, 3.63) is 12.2 Å². The highest BCUT2D eigenvalue weighted by atomic mass is 32.2. The smallest absolute Gasteiger partial charge is 0.0637 e. The molecule has 0 aliphatic rings. The molecule has 0 heterocycles. The monoisotopic (exact) mass is 539 g/mol. The Balaban J connectivity index is 3.17. The molecule has 222 valence electrons. The second-order valence-corrected chi connectivity index (χ2v) is 12.7. The van der Waals surface area contributed by atoms with Gasteiger partial charge >= 0.3 is 0 Å². The van der Waals surface area contributed by atoms with Crippen molar-refractivity contribution in [3.63, 3.8) is 0 Å². The number of ether oxygens (including phenoxy) is 1. The average Bonchev–Trinajstić information content (AvgIpc) is 2.90. The molecule has 0 radical (unpaired) electrons. The summed E-state index contributed by atoms with van der Waals surface area (Å²) in [4.78, 5) is 0. The molecule has 0 N–H and O–H groups in total. The Morgan fingerprint density at radius 1 is 0.486 bits per heavy atom. The zero-order valence-electron chi connectivity index (χ0n) is 26.1. The van der Waals surface area contributed by atoms with Crippen LogP contribution in [0.1, 0.15) is 188 Å². The first-order valence-electron chi connectivity index (χ1n) is 17.2. The van der Waals surface area contributed by atoms with Crippen molar-refractivity contribution in [1.29, 1.82) is 0 Å². The molecule has 1 nitrogen and oxygen atoms in total. The normalized spacial score (nSPS) is 12.6. The van der Waals surface area contributed by atoms with E-state index in [2.05, 4.69) is 44.7 Å². The van der Waals surface area contributed by atoms with Gasteiger partial charge in [0.05, 0.1) is 6.10 Å². The Kier molecular flexibility index (Phi) is 34.1. The van der Waals surface area contributed by atoms with Gasteiger partial charge in [-0.25, -0.2) is 0 Å². The van der Waals surface area contributed by atoms with Gasteiger partial charge in [-0.1, -0.05) is 154 Å². The van der Waals surface area contributed by atoms with Gasteiger partial charge in [-0.15, -0.1) is 0 Å². The summed E-state index contributed by atoms with van der Waals surface area (Å²) in [6, 6.07) is 0. The molecule has 0 spiro atoms. The molecule has 0 fully saturated rings. The molecule has 37 heavy (non-hydrogen) atoms. The summed E-state index contributed by atoms with van der Waals surface area (Å²) < 4.78 is 6.04. The third-order valence-electron chi connectivity index (χ3n) is 7.55. The Morgan fingerprint density at radius 2 is 0.865 bits per heavy atom. The van der Waals surface area contributed by atoms with Crippen molar-refractivity contribution in [2.75, 3.05) is 18.1 Å². The van der Waals surface area contributed by atoms with E-state index < -0.39 is 0 Å². The molecule has 0 aromatic carbocycles. The summed E-state index contributed by atoms with van der Waals surface area (Å²) in [7, 11) is 0. The van der Waals surface area contributed by atoms with Crippen LogP contribution in [0.3, 0.4) is 0 Å². The van der Waals surface area contributed by atoms with E-state index in [1.807, 2.05) is 0 Å². The first-order valence-corrected chi connectivity index (χ1v) is 18.3. The molecule has 0 aromatic rings. The molecule has 0 amide bonds. The van der Waals surface area contributed by atoms with Gasteiger partial charge in [0, 0.05) is 12.4 Å². The quantitative estimate of drug-likeness (QED) is 0.0622. The Labute approximate surface area is 240 Å². The molecule has 0 saturated heterocycles. The summed E-state index contributed by atoms with van der Waals surface area (Å²) in [6.45, 7) is 7.80. The van der Waals surface area contributed by atoms with E-state index in [1.54, 1.807) is 0 Å². The van der Waals surface area contributed by atoms with Gasteiger partial charge in [0.25, 0.3) is 0 Å². The molecular weight excluding hydrogens is 468 g/mol. The minimum absolute atomic E-state index is 0.422. The van der Waals surface area contributed by atoms with Crippen LogP contribution in [-0.4, -0.2) is 24.2 Å². The lowest BCUT2D eigenvalue weighted by Gasteiger charge is -2.12. The molecule has 1 atom stereocenters. The maximum Gasteiger partial charge on any atom is 0.0637 e. The maximum absolute atomic E-state index is 6.04. The summed E-state index contributed by atoms with van der Waals surface area (Å²) >= 11 is 2.10. The predicted molar refractivity (Wildman–Crippen MR) is 173 cm³/mol. The zero-order chi connectivity index (χ0) is 26.9. The van der Waals surface area contributed by atoms with Crippen LogP contribution < -0.4 is 0 Å². The van der Waals surface area contributed by atoms with E-state index in [0.717, 1.165) is 6.61 Å². The van der Waals surface area contributed by atoms with Crippen LogP contribution in [0.15, 0.2) is 12.2 Å². The largest absolute Gasteiger partial charge is 0.378 e. The van der Waals surface area contributed by atoms with Gasteiger partial charge in [-0.05, 0) is 51.2 Å². The van der Waals surface area contributed by atoms with Gasteiger partial charge in [0.15, 0.2) is 0 Å². The highest BCUT2D eigenvalue weighted by molar-refractivity contribution is 7.99. The topological polar surface area (TPSA) is 9.23 Å². The van der Waals surface area contributed by atoms with E-state index in [1.165, 1.54) is 178 Å². The van der Waals surface area contributed by atoms with Crippen molar-refractivity contribution in [3.8, 4) is 0 Å². The maximum atomic E-state index is 6.04. The number of allylic oxidation sites excluding steroid dienone is 2. The van der Waals surface area contributed by atoms with Crippen LogP contribution in [-0.2, 0) is 4.74 Å². The lowest BCUT2D eigenvalue weighted by atomic mass is 10.0. The van der Waals surface area contributed by atoms with Crippen LogP contribution in [0.2, 0.25) is 0 Å². The van der Waals surface area contributed by atoms with Crippen molar-refractivity contribution in [2.45, 2.75) is 194 Å². The highest BCUT2D eigenvalue weighted by Gasteiger charge is 2.02. The average molecular weight is 539 g/mol. The Morgan fingerprint density at radius 3 is 1.35 bits per heavy atom. The SMILES string of the molecule is CCCCCC/C=C/CCCCCCCCOC(C)CSCCCCCCCCCCCCCCCC. The second-order valence-electron chi connectivity index (χ2n) is 11.6. The summed E-state index contributed by atoms with van der Waals surface area (Å²) in [5.41, 5.74) is 0. The third kappa shape index (κ3) is 34.0. The molecule has 0 saturated carbocycles. The Hall–Kier alpha value is 0.0500. The minimum atomic E-state index is 0.422. The number of rotatable bonds is 32. The number of hydrogen-bond acceptors (Lipinski definition) is 2. The van der Waals surface area contributed by atoms with E-state index in [4.69, 9.17) is 4.74 Å². The second kappa shape index (κ2) is 34.1. The fourth-order valence-corrected chi connectivity index (χ4v) is 5.98. The lowest BCUT2D eigenvalue weighted by Crippen LogP contribution is -2.12.